The van der Waals surface area contributed by atoms with Gasteiger partial charge < -0.3 is 14.5 Å². The molecule has 1 unspecified atom stereocenters. The maximum absolute atomic E-state index is 12.8. The minimum atomic E-state index is -1.09. The molecular formula is C22H29N5O2. The number of hydrogen-bond donors (Lipinski definition) is 0. The van der Waals surface area contributed by atoms with Gasteiger partial charge in [-0.2, -0.15) is 5.26 Å². The average Bonchev–Trinajstić information content (AvgIpc) is 2.75. The molecule has 1 aromatic carbocycles. The van der Waals surface area contributed by atoms with Gasteiger partial charge in [0.25, 0.3) is 0 Å². The zero-order valence-electron chi connectivity index (χ0n) is 17.5. The summed E-state index contributed by atoms with van der Waals surface area (Å²) in [5.41, 5.74) is 1.82. The second-order valence-electron chi connectivity index (χ2n) is 7.59. The number of hydrogen-bond acceptors (Lipinski definition) is 7. The topological polar surface area (TPSA) is 82.3 Å². The summed E-state index contributed by atoms with van der Waals surface area (Å²) in [5, 5.41) is 9.82. The second-order valence-corrected chi connectivity index (χ2v) is 7.59. The molecular weight excluding hydrogens is 366 g/mol. The Morgan fingerprint density at radius 2 is 1.76 bits per heavy atom. The van der Waals surface area contributed by atoms with Crippen LogP contribution in [0, 0.1) is 17.2 Å². The van der Waals surface area contributed by atoms with Gasteiger partial charge in [-0.1, -0.05) is 38.8 Å². The van der Waals surface area contributed by atoms with Crippen LogP contribution in [0.3, 0.4) is 0 Å². The number of rotatable bonds is 7. The van der Waals surface area contributed by atoms with Gasteiger partial charge in [-0.3, -0.25) is 4.79 Å². The molecule has 0 N–H and O–H groups in total. The van der Waals surface area contributed by atoms with Gasteiger partial charge >= 0.3 is 5.97 Å². The van der Waals surface area contributed by atoms with E-state index in [9.17, 15) is 10.1 Å². The molecule has 7 heteroatoms. The summed E-state index contributed by atoms with van der Waals surface area (Å²) < 4.78 is 5.51. The average molecular weight is 396 g/mol. The second kappa shape index (κ2) is 9.66. The molecule has 0 amide bonds. The molecule has 0 saturated carbocycles. The Balaban J connectivity index is 1.95. The van der Waals surface area contributed by atoms with E-state index < -0.39 is 11.9 Å². The van der Waals surface area contributed by atoms with Crippen LogP contribution in [0.15, 0.2) is 24.3 Å². The van der Waals surface area contributed by atoms with Gasteiger partial charge in [0, 0.05) is 26.2 Å². The summed E-state index contributed by atoms with van der Waals surface area (Å²) in [4.78, 5) is 26.6. The SMILES string of the molecule is CCC(CC)COC(=O)C(C#N)c1nc2ccccc2nc1N1CCN(C)CC1. The Kier molecular flexibility index (Phi) is 6.99. The normalized spacial score (nSPS) is 16.0. The molecule has 0 radical (unpaired) electrons. The third-order valence-corrected chi connectivity index (χ3v) is 5.64. The number of benzene rings is 1. The van der Waals surface area contributed by atoms with E-state index >= 15 is 0 Å². The number of carbonyl (C=O) groups excluding carboxylic acids is 1. The minimum Gasteiger partial charge on any atom is -0.464 e. The number of piperazine rings is 1. The number of esters is 1. The van der Waals surface area contributed by atoms with Gasteiger partial charge in [0.1, 0.15) is 5.69 Å². The number of aromatic nitrogens is 2. The monoisotopic (exact) mass is 395 g/mol. The summed E-state index contributed by atoms with van der Waals surface area (Å²) in [7, 11) is 2.08. The van der Waals surface area contributed by atoms with Crippen LogP contribution in [-0.4, -0.2) is 60.7 Å². The van der Waals surface area contributed by atoms with Crippen molar-refractivity contribution in [2.24, 2.45) is 5.92 Å². The lowest BCUT2D eigenvalue weighted by atomic mass is 10.0. The van der Waals surface area contributed by atoms with E-state index in [0.29, 0.717) is 29.6 Å². The van der Waals surface area contributed by atoms with Crippen molar-refractivity contribution in [1.29, 1.82) is 5.26 Å². The van der Waals surface area contributed by atoms with Crippen LogP contribution < -0.4 is 4.90 Å². The Morgan fingerprint density at radius 3 is 2.34 bits per heavy atom. The molecule has 0 aliphatic carbocycles. The van der Waals surface area contributed by atoms with E-state index in [4.69, 9.17) is 9.72 Å². The minimum absolute atomic E-state index is 0.304. The van der Waals surface area contributed by atoms with E-state index in [1.165, 1.54) is 0 Å². The van der Waals surface area contributed by atoms with E-state index in [1.54, 1.807) is 0 Å². The fraction of sp³-hybridized carbons (Fsp3) is 0.545. The lowest BCUT2D eigenvalue weighted by Crippen LogP contribution is -2.45. The lowest BCUT2D eigenvalue weighted by Gasteiger charge is -2.34. The number of likely N-dealkylation sites (N-methyl/N-ethyl adjacent to an activating group) is 1. The van der Waals surface area contributed by atoms with Crippen molar-refractivity contribution in [3.63, 3.8) is 0 Å². The molecule has 1 aliphatic rings. The fourth-order valence-electron chi connectivity index (χ4n) is 3.48. The standard InChI is InChI=1S/C22H29N5O2/c1-4-16(5-2)15-29-22(28)17(14-23)20-21(27-12-10-26(3)11-13-27)25-19-9-7-6-8-18(19)24-20/h6-9,16-17H,4-5,10-13,15H2,1-3H3. The van der Waals surface area contributed by atoms with Crippen LogP contribution >= 0.6 is 0 Å². The largest absolute Gasteiger partial charge is 0.464 e. The number of anilines is 1. The summed E-state index contributed by atoms with van der Waals surface area (Å²) >= 11 is 0. The molecule has 0 bridgehead atoms. The highest BCUT2D eigenvalue weighted by atomic mass is 16.5. The van der Waals surface area contributed by atoms with Crippen LogP contribution in [0.25, 0.3) is 11.0 Å². The number of nitriles is 1. The molecule has 154 valence electrons. The smallest absolute Gasteiger partial charge is 0.329 e. The van der Waals surface area contributed by atoms with Crippen molar-refractivity contribution >= 4 is 22.8 Å². The van der Waals surface area contributed by atoms with E-state index in [0.717, 1.165) is 44.5 Å². The van der Waals surface area contributed by atoms with Crippen LogP contribution in [-0.2, 0) is 9.53 Å². The van der Waals surface area contributed by atoms with Crippen LogP contribution in [0.4, 0.5) is 5.82 Å². The highest BCUT2D eigenvalue weighted by Gasteiger charge is 2.31. The maximum Gasteiger partial charge on any atom is 0.329 e. The number of fused-ring (bicyclic) bond motifs is 1. The number of nitrogens with zero attached hydrogens (tertiary/aromatic N) is 5. The maximum atomic E-state index is 12.8. The van der Waals surface area contributed by atoms with Gasteiger partial charge in [0.05, 0.1) is 23.7 Å². The number of para-hydroxylation sites is 2. The third kappa shape index (κ3) is 4.83. The summed E-state index contributed by atoms with van der Waals surface area (Å²) in [6, 6.07) is 9.66. The predicted octanol–water partition coefficient (Wildman–Crippen LogP) is 2.97. The van der Waals surface area contributed by atoms with Gasteiger partial charge in [-0.05, 0) is 25.1 Å². The Morgan fingerprint density at radius 1 is 1.14 bits per heavy atom. The highest BCUT2D eigenvalue weighted by molar-refractivity contribution is 5.85. The fourth-order valence-corrected chi connectivity index (χ4v) is 3.48. The molecule has 0 spiro atoms. The zero-order valence-corrected chi connectivity index (χ0v) is 17.5. The highest BCUT2D eigenvalue weighted by Crippen LogP contribution is 2.28. The van der Waals surface area contributed by atoms with Crippen molar-refractivity contribution in [2.45, 2.75) is 32.6 Å². The Bertz CT molecular complexity index is 882. The quantitative estimate of drug-likeness (QED) is 0.667. The van der Waals surface area contributed by atoms with Gasteiger partial charge in [0.2, 0.25) is 0 Å². The Labute approximate surface area is 172 Å². The lowest BCUT2D eigenvalue weighted by molar-refractivity contribution is -0.145. The molecule has 3 rings (SSSR count). The third-order valence-electron chi connectivity index (χ3n) is 5.64. The predicted molar refractivity (Wildman–Crippen MR) is 113 cm³/mol. The molecule has 1 fully saturated rings. The molecule has 1 atom stereocenters. The number of ether oxygens (including phenoxy) is 1. The first kappa shape index (κ1) is 21.0. The first-order chi connectivity index (χ1) is 14.1. The van der Waals surface area contributed by atoms with Gasteiger partial charge in [0.15, 0.2) is 11.7 Å². The van der Waals surface area contributed by atoms with Crippen LogP contribution in [0.2, 0.25) is 0 Å². The van der Waals surface area contributed by atoms with Crippen LogP contribution in [0.1, 0.15) is 38.3 Å². The molecule has 2 aromatic rings. The van der Waals surface area contributed by atoms with Crippen molar-refractivity contribution in [1.82, 2.24) is 14.9 Å². The summed E-state index contributed by atoms with van der Waals surface area (Å²) in [6.07, 6.45) is 1.87. The van der Waals surface area contributed by atoms with Gasteiger partial charge in [-0.25, -0.2) is 9.97 Å². The Hall–Kier alpha value is -2.72. The van der Waals surface area contributed by atoms with Crippen molar-refractivity contribution in [3.05, 3.63) is 30.0 Å². The molecule has 1 aliphatic heterocycles. The molecule has 1 aromatic heterocycles. The molecule has 1 saturated heterocycles. The molecule has 29 heavy (non-hydrogen) atoms. The summed E-state index contributed by atoms with van der Waals surface area (Å²) in [6.45, 7) is 7.81. The summed E-state index contributed by atoms with van der Waals surface area (Å²) in [5.74, 6) is -0.712. The molecule has 7 nitrogen and oxygen atoms in total. The van der Waals surface area contributed by atoms with E-state index in [-0.39, 0.29) is 0 Å². The van der Waals surface area contributed by atoms with Crippen molar-refractivity contribution in [3.8, 4) is 6.07 Å². The van der Waals surface area contributed by atoms with Crippen LogP contribution in [0.5, 0.6) is 0 Å². The first-order valence-electron chi connectivity index (χ1n) is 10.3. The van der Waals surface area contributed by atoms with Crippen molar-refractivity contribution < 1.29 is 9.53 Å². The zero-order chi connectivity index (χ0) is 20.8. The van der Waals surface area contributed by atoms with Gasteiger partial charge in [-0.15, -0.1) is 0 Å². The van der Waals surface area contributed by atoms with Crippen molar-refractivity contribution in [2.75, 3.05) is 44.7 Å². The molecule has 2 heterocycles. The first-order valence-corrected chi connectivity index (χ1v) is 10.3. The van der Waals surface area contributed by atoms with E-state index in [1.807, 2.05) is 24.3 Å². The van der Waals surface area contributed by atoms with E-state index in [2.05, 4.69) is 41.7 Å². The number of carbonyl (C=O) groups is 1.